The first-order chi connectivity index (χ1) is 9.95. The predicted octanol–water partition coefficient (Wildman–Crippen LogP) is 3.04. The second-order valence-corrected chi connectivity index (χ2v) is 5.88. The second kappa shape index (κ2) is 4.85. The Labute approximate surface area is 125 Å². The number of rotatable bonds is 2. The van der Waals surface area contributed by atoms with E-state index in [2.05, 4.69) is 15.5 Å². The van der Waals surface area contributed by atoms with Gasteiger partial charge in [-0.3, -0.25) is 4.79 Å². The van der Waals surface area contributed by atoms with E-state index in [0.717, 1.165) is 21.5 Å². The van der Waals surface area contributed by atoms with Gasteiger partial charge >= 0.3 is 0 Å². The second-order valence-electron chi connectivity index (χ2n) is 4.88. The number of hydrogen-bond acceptors (Lipinski definition) is 6. The minimum atomic E-state index is -0.305. The van der Waals surface area contributed by atoms with Crippen LogP contribution >= 0.6 is 11.3 Å². The lowest BCUT2D eigenvalue weighted by molar-refractivity contribution is 0.103. The van der Waals surface area contributed by atoms with Crippen molar-refractivity contribution in [1.82, 2.24) is 10.1 Å². The van der Waals surface area contributed by atoms with Crippen molar-refractivity contribution in [3.05, 3.63) is 34.0 Å². The standard InChI is InChI=1S/C14H14N4O2S/c1-6-4-7(2)16-14-10(6)11(15)12(21-14)13(19)17-9-5-8(3)20-18-9/h4-5H,15H2,1-3H3,(H,17,18,19). The lowest BCUT2D eigenvalue weighted by atomic mass is 10.1. The van der Waals surface area contributed by atoms with E-state index >= 15 is 0 Å². The van der Waals surface area contributed by atoms with Gasteiger partial charge in [0.15, 0.2) is 5.82 Å². The molecule has 0 atom stereocenters. The van der Waals surface area contributed by atoms with Crippen LogP contribution in [0.2, 0.25) is 0 Å². The fourth-order valence-electron chi connectivity index (χ4n) is 2.24. The van der Waals surface area contributed by atoms with Gasteiger partial charge in [-0.1, -0.05) is 5.16 Å². The van der Waals surface area contributed by atoms with Crippen molar-refractivity contribution in [1.29, 1.82) is 0 Å². The molecular weight excluding hydrogens is 288 g/mol. The third kappa shape index (κ3) is 2.36. The number of nitrogens with two attached hydrogens (primary N) is 1. The Balaban J connectivity index is 2.02. The molecule has 0 spiro atoms. The maximum atomic E-state index is 12.3. The number of carbonyl (C=O) groups is 1. The zero-order chi connectivity index (χ0) is 15.1. The van der Waals surface area contributed by atoms with Gasteiger partial charge in [-0.15, -0.1) is 11.3 Å². The number of aromatic nitrogens is 2. The normalized spacial score (nSPS) is 11.0. The number of hydrogen-bond donors (Lipinski definition) is 2. The zero-order valence-corrected chi connectivity index (χ0v) is 12.7. The Bertz CT molecular complexity index is 850. The molecule has 0 bridgehead atoms. The molecule has 0 unspecified atom stereocenters. The van der Waals surface area contributed by atoms with Crippen LogP contribution in [0.3, 0.4) is 0 Å². The molecule has 108 valence electrons. The predicted molar refractivity (Wildman–Crippen MR) is 82.7 cm³/mol. The first-order valence-electron chi connectivity index (χ1n) is 6.36. The number of nitrogens with zero attached hydrogens (tertiary/aromatic N) is 2. The molecular formula is C14H14N4O2S. The van der Waals surface area contributed by atoms with Crippen molar-refractivity contribution < 1.29 is 9.32 Å². The molecule has 0 saturated heterocycles. The maximum absolute atomic E-state index is 12.3. The minimum absolute atomic E-state index is 0.305. The molecule has 6 nitrogen and oxygen atoms in total. The van der Waals surface area contributed by atoms with Crippen molar-refractivity contribution in [3.8, 4) is 0 Å². The van der Waals surface area contributed by atoms with Crippen LogP contribution in [0.1, 0.15) is 26.7 Å². The van der Waals surface area contributed by atoms with E-state index in [4.69, 9.17) is 10.3 Å². The fourth-order valence-corrected chi connectivity index (χ4v) is 3.35. The molecule has 3 aromatic rings. The smallest absolute Gasteiger partial charge is 0.269 e. The van der Waals surface area contributed by atoms with Crippen molar-refractivity contribution in [2.24, 2.45) is 0 Å². The van der Waals surface area contributed by atoms with Gasteiger partial charge in [0.1, 0.15) is 15.5 Å². The maximum Gasteiger partial charge on any atom is 0.269 e. The van der Waals surface area contributed by atoms with Gasteiger partial charge in [-0.2, -0.15) is 0 Å². The SMILES string of the molecule is Cc1cc(C)c2c(N)c(C(=O)Nc3cc(C)on3)sc2n1. The third-order valence-corrected chi connectivity index (χ3v) is 4.20. The number of fused-ring (bicyclic) bond motifs is 1. The average Bonchev–Trinajstić information content (AvgIpc) is 2.93. The molecule has 3 aromatic heterocycles. The highest BCUT2D eigenvalue weighted by Gasteiger charge is 2.19. The Morgan fingerprint density at radius 1 is 1.33 bits per heavy atom. The van der Waals surface area contributed by atoms with Crippen molar-refractivity contribution in [3.63, 3.8) is 0 Å². The summed E-state index contributed by atoms with van der Waals surface area (Å²) in [7, 11) is 0. The summed E-state index contributed by atoms with van der Waals surface area (Å²) in [5.41, 5.74) is 8.49. The number of aryl methyl sites for hydroxylation is 3. The van der Waals surface area contributed by atoms with Gasteiger partial charge in [0, 0.05) is 17.1 Å². The van der Waals surface area contributed by atoms with Gasteiger partial charge in [0.2, 0.25) is 0 Å². The topological polar surface area (TPSA) is 94.0 Å². The summed E-state index contributed by atoms with van der Waals surface area (Å²) in [5, 5.41) is 7.25. The number of carbonyl (C=O) groups excluding carboxylic acids is 1. The van der Waals surface area contributed by atoms with E-state index in [9.17, 15) is 4.79 Å². The quantitative estimate of drug-likeness (QED) is 0.758. The van der Waals surface area contributed by atoms with Crippen molar-refractivity contribution in [2.45, 2.75) is 20.8 Å². The van der Waals surface area contributed by atoms with E-state index in [1.54, 1.807) is 13.0 Å². The molecule has 0 radical (unpaired) electrons. The molecule has 1 amide bonds. The summed E-state index contributed by atoms with van der Waals surface area (Å²) in [6.45, 7) is 5.63. The number of anilines is 2. The summed E-state index contributed by atoms with van der Waals surface area (Å²) >= 11 is 1.28. The van der Waals surface area contributed by atoms with Gasteiger partial charge in [0.05, 0.1) is 5.69 Å². The number of thiophene rings is 1. The van der Waals surface area contributed by atoms with E-state index in [0.29, 0.717) is 22.1 Å². The van der Waals surface area contributed by atoms with Gasteiger partial charge < -0.3 is 15.6 Å². The Hall–Kier alpha value is -2.41. The summed E-state index contributed by atoms with van der Waals surface area (Å²) in [4.78, 5) is 18.0. The third-order valence-electron chi connectivity index (χ3n) is 3.10. The minimum Gasteiger partial charge on any atom is -0.397 e. The summed E-state index contributed by atoms with van der Waals surface area (Å²) in [6, 6.07) is 3.60. The molecule has 0 fully saturated rings. The van der Waals surface area contributed by atoms with Crippen molar-refractivity contribution >= 4 is 39.0 Å². The summed E-state index contributed by atoms with van der Waals surface area (Å²) in [6.07, 6.45) is 0. The first kappa shape index (κ1) is 13.6. The highest BCUT2D eigenvalue weighted by molar-refractivity contribution is 7.21. The Morgan fingerprint density at radius 3 is 2.76 bits per heavy atom. The molecule has 0 aliphatic carbocycles. The van der Waals surface area contributed by atoms with Crippen LogP contribution in [0.25, 0.3) is 10.2 Å². The van der Waals surface area contributed by atoms with Crippen molar-refractivity contribution in [2.75, 3.05) is 11.1 Å². The number of nitrogens with one attached hydrogen (secondary N) is 1. The summed E-state index contributed by atoms with van der Waals surface area (Å²) in [5.74, 6) is 0.693. The fraction of sp³-hybridized carbons (Fsp3) is 0.214. The van der Waals surface area contributed by atoms with Gasteiger partial charge in [-0.05, 0) is 32.4 Å². The van der Waals surface area contributed by atoms with Crippen LogP contribution in [0.15, 0.2) is 16.7 Å². The molecule has 0 aliphatic heterocycles. The summed E-state index contributed by atoms with van der Waals surface area (Å²) < 4.78 is 4.92. The monoisotopic (exact) mass is 302 g/mol. The highest BCUT2D eigenvalue weighted by Crippen LogP contribution is 2.35. The largest absolute Gasteiger partial charge is 0.397 e. The molecule has 21 heavy (non-hydrogen) atoms. The zero-order valence-electron chi connectivity index (χ0n) is 11.9. The first-order valence-corrected chi connectivity index (χ1v) is 7.18. The van der Waals surface area contributed by atoms with Gasteiger partial charge in [0.25, 0.3) is 5.91 Å². The van der Waals surface area contributed by atoms with Crippen LogP contribution in [0, 0.1) is 20.8 Å². The van der Waals surface area contributed by atoms with E-state index in [1.807, 2.05) is 19.9 Å². The van der Waals surface area contributed by atoms with E-state index in [1.165, 1.54) is 11.3 Å². The van der Waals surface area contributed by atoms with E-state index < -0.39 is 0 Å². The Kier molecular flexibility index (Phi) is 3.13. The number of pyridine rings is 1. The molecule has 0 aromatic carbocycles. The van der Waals surface area contributed by atoms with Gasteiger partial charge in [-0.25, -0.2) is 4.98 Å². The molecule has 3 N–H and O–H groups in total. The lowest BCUT2D eigenvalue weighted by Gasteiger charge is -2.01. The Morgan fingerprint density at radius 2 is 2.10 bits per heavy atom. The average molecular weight is 302 g/mol. The van der Waals surface area contributed by atoms with Crippen LogP contribution < -0.4 is 11.1 Å². The molecule has 7 heteroatoms. The van der Waals surface area contributed by atoms with Crippen LogP contribution in [0.5, 0.6) is 0 Å². The molecule has 0 saturated carbocycles. The number of nitrogen functional groups attached to an aromatic ring is 1. The van der Waals surface area contributed by atoms with Crippen LogP contribution in [-0.4, -0.2) is 16.0 Å². The highest BCUT2D eigenvalue weighted by atomic mass is 32.1. The molecule has 3 rings (SSSR count). The van der Waals surface area contributed by atoms with Crippen LogP contribution in [-0.2, 0) is 0 Å². The molecule has 0 aliphatic rings. The molecule has 3 heterocycles. The lowest BCUT2D eigenvalue weighted by Crippen LogP contribution is -2.12. The van der Waals surface area contributed by atoms with Crippen LogP contribution in [0.4, 0.5) is 11.5 Å². The number of amides is 1. The van der Waals surface area contributed by atoms with E-state index in [-0.39, 0.29) is 5.91 Å².